The van der Waals surface area contributed by atoms with E-state index in [1.807, 2.05) is 0 Å². The number of aromatic nitrogens is 1. The minimum absolute atomic E-state index is 0.0823. The zero-order valence-electron chi connectivity index (χ0n) is 8.95. The van der Waals surface area contributed by atoms with Crippen molar-refractivity contribution >= 4 is 35.2 Å². The van der Waals surface area contributed by atoms with Gasteiger partial charge in [0.2, 0.25) is 0 Å². The van der Waals surface area contributed by atoms with Gasteiger partial charge in [-0.1, -0.05) is 5.16 Å². The minimum Gasteiger partial charge on any atom is -0.426 e. The van der Waals surface area contributed by atoms with Crippen molar-refractivity contribution in [3.05, 3.63) is 11.1 Å². The molecule has 0 unspecified atom stereocenters. The van der Waals surface area contributed by atoms with E-state index in [-0.39, 0.29) is 17.8 Å². The number of carbonyl (C=O) groups excluding carboxylic acids is 1. The fraction of sp³-hybridized carbons (Fsp3) is 0.286. The summed E-state index contributed by atoms with van der Waals surface area (Å²) >= 11 is 1.15. The average Bonchev–Trinajstić information content (AvgIpc) is 2.69. The summed E-state index contributed by atoms with van der Waals surface area (Å²) in [6.07, 6.45) is -0.318. The first-order valence-electron chi connectivity index (χ1n) is 4.51. The number of nitrogens with zero attached hydrogens (tertiary/aromatic N) is 2. The van der Waals surface area contributed by atoms with E-state index in [1.165, 1.54) is 7.11 Å². The van der Waals surface area contributed by atoms with Gasteiger partial charge in [0.05, 0.1) is 6.44 Å². The molecule has 17 heavy (non-hydrogen) atoms. The Hall–Kier alpha value is -1.65. The van der Waals surface area contributed by atoms with E-state index in [9.17, 15) is 4.79 Å². The Morgan fingerprint density at radius 3 is 2.94 bits per heavy atom. The van der Waals surface area contributed by atoms with E-state index >= 15 is 0 Å². The van der Waals surface area contributed by atoms with Gasteiger partial charge in [0.15, 0.2) is 10.8 Å². The molecule has 0 bridgehead atoms. The Morgan fingerprint density at radius 1 is 1.76 bits per heavy atom. The van der Waals surface area contributed by atoms with Crippen LogP contribution in [0.1, 0.15) is 5.69 Å². The quantitative estimate of drug-likeness (QED) is 0.280. The summed E-state index contributed by atoms with van der Waals surface area (Å²) in [6, 6.07) is 0. The van der Waals surface area contributed by atoms with Crippen molar-refractivity contribution in [2.24, 2.45) is 5.16 Å². The molecule has 0 saturated carbocycles. The Balaban J connectivity index is 2.80. The molecule has 0 aromatic carbocycles. The van der Waals surface area contributed by atoms with Crippen molar-refractivity contribution in [1.82, 2.24) is 10.3 Å². The van der Waals surface area contributed by atoms with E-state index in [2.05, 4.69) is 20.3 Å². The molecular formula is C7H11BN4O4S. The number of anilines is 1. The molecule has 0 aliphatic heterocycles. The van der Waals surface area contributed by atoms with Crippen LogP contribution in [0.25, 0.3) is 0 Å². The first kappa shape index (κ1) is 13.4. The Bertz CT molecular complexity index is 422. The summed E-state index contributed by atoms with van der Waals surface area (Å²) in [6.45, 7) is 0. The van der Waals surface area contributed by atoms with Crippen LogP contribution >= 0.6 is 11.3 Å². The average molecular weight is 258 g/mol. The zero-order valence-corrected chi connectivity index (χ0v) is 9.77. The van der Waals surface area contributed by atoms with Gasteiger partial charge in [-0.15, -0.1) is 11.3 Å². The zero-order chi connectivity index (χ0) is 12.8. The van der Waals surface area contributed by atoms with Gasteiger partial charge in [-0.3, -0.25) is 4.79 Å². The number of nitrogens with two attached hydrogens (primary N) is 1. The molecule has 0 aliphatic rings. The van der Waals surface area contributed by atoms with Crippen LogP contribution in [0.5, 0.6) is 0 Å². The number of oxime groups is 1. The number of thiazole rings is 1. The second kappa shape index (κ2) is 6.18. The molecule has 1 amide bonds. The van der Waals surface area contributed by atoms with Crippen LogP contribution in [0.3, 0.4) is 0 Å². The highest BCUT2D eigenvalue weighted by molar-refractivity contribution is 7.13. The molecule has 0 spiro atoms. The number of rotatable bonds is 5. The molecule has 0 fully saturated rings. The lowest BCUT2D eigenvalue weighted by Crippen LogP contribution is -2.39. The van der Waals surface area contributed by atoms with Crippen molar-refractivity contribution in [2.45, 2.75) is 0 Å². The topological polar surface area (TPSA) is 130 Å². The van der Waals surface area contributed by atoms with E-state index in [4.69, 9.17) is 15.8 Å². The number of hydrogen-bond acceptors (Lipinski definition) is 8. The van der Waals surface area contributed by atoms with E-state index < -0.39 is 13.0 Å². The first-order valence-corrected chi connectivity index (χ1v) is 5.39. The van der Waals surface area contributed by atoms with Crippen LogP contribution in [-0.2, 0) is 9.63 Å². The highest BCUT2D eigenvalue weighted by atomic mass is 32.1. The Kier molecular flexibility index (Phi) is 4.88. The largest absolute Gasteiger partial charge is 0.472 e. The van der Waals surface area contributed by atoms with Crippen LogP contribution < -0.4 is 11.1 Å². The molecule has 10 heteroatoms. The number of amides is 1. The van der Waals surface area contributed by atoms with Crippen molar-refractivity contribution in [2.75, 3.05) is 19.3 Å². The summed E-state index contributed by atoms with van der Waals surface area (Å²) in [7, 11) is -0.354. The predicted octanol–water partition coefficient (Wildman–Crippen LogP) is -1.80. The van der Waals surface area contributed by atoms with E-state index in [0.29, 0.717) is 5.13 Å². The van der Waals surface area contributed by atoms with Crippen molar-refractivity contribution in [3.63, 3.8) is 0 Å². The lowest BCUT2D eigenvalue weighted by Gasteiger charge is -2.04. The van der Waals surface area contributed by atoms with E-state index in [1.54, 1.807) is 5.38 Å². The lowest BCUT2D eigenvalue weighted by molar-refractivity contribution is -0.114. The van der Waals surface area contributed by atoms with Gasteiger partial charge < -0.3 is 25.9 Å². The normalized spacial score (nSPS) is 11.1. The van der Waals surface area contributed by atoms with Gasteiger partial charge in [-0.05, 0) is 0 Å². The second-order valence-electron chi connectivity index (χ2n) is 2.88. The van der Waals surface area contributed by atoms with Crippen molar-refractivity contribution in [3.8, 4) is 0 Å². The van der Waals surface area contributed by atoms with Gasteiger partial charge in [0.1, 0.15) is 12.8 Å². The molecule has 0 saturated heterocycles. The third-order valence-corrected chi connectivity index (χ3v) is 2.28. The summed E-state index contributed by atoms with van der Waals surface area (Å²) in [4.78, 5) is 20.0. The molecule has 1 heterocycles. The van der Waals surface area contributed by atoms with Gasteiger partial charge in [0, 0.05) is 5.38 Å². The third kappa shape index (κ3) is 4.02. The van der Waals surface area contributed by atoms with Gasteiger partial charge in [-0.2, -0.15) is 0 Å². The number of nitrogens with one attached hydrogen (secondary N) is 1. The molecule has 0 aliphatic carbocycles. The Labute approximate surface area is 101 Å². The van der Waals surface area contributed by atoms with Gasteiger partial charge in [-0.25, -0.2) is 4.98 Å². The molecule has 1 aromatic rings. The molecular weight excluding hydrogens is 247 g/mol. The summed E-state index contributed by atoms with van der Waals surface area (Å²) in [5, 5.41) is 24.8. The lowest BCUT2D eigenvalue weighted by atomic mass is 9.92. The predicted molar refractivity (Wildman–Crippen MR) is 63.3 cm³/mol. The summed E-state index contributed by atoms with van der Waals surface area (Å²) in [5.74, 6) is -0.634. The Morgan fingerprint density at radius 2 is 2.47 bits per heavy atom. The third-order valence-electron chi connectivity index (χ3n) is 1.61. The second-order valence-corrected chi connectivity index (χ2v) is 3.77. The van der Waals surface area contributed by atoms with Crippen molar-refractivity contribution < 1.29 is 19.7 Å². The summed E-state index contributed by atoms with van der Waals surface area (Å²) in [5.41, 5.74) is 5.62. The maximum atomic E-state index is 11.6. The SMILES string of the molecule is CO/N=C(/C(=O)NCB(O)O)c1csc(N)n1. The van der Waals surface area contributed by atoms with Crippen molar-refractivity contribution in [1.29, 1.82) is 0 Å². The highest BCUT2D eigenvalue weighted by Crippen LogP contribution is 2.12. The first-order chi connectivity index (χ1) is 8.04. The molecule has 0 atom stereocenters. The minimum atomic E-state index is -1.64. The maximum absolute atomic E-state index is 11.6. The highest BCUT2D eigenvalue weighted by Gasteiger charge is 2.19. The summed E-state index contributed by atoms with van der Waals surface area (Å²) < 4.78 is 0. The van der Waals surface area contributed by atoms with Crippen LogP contribution in [0.2, 0.25) is 0 Å². The fourth-order valence-electron chi connectivity index (χ4n) is 0.960. The van der Waals surface area contributed by atoms with Crippen LogP contribution in [0.4, 0.5) is 5.13 Å². The number of hydrogen-bond donors (Lipinski definition) is 4. The van der Waals surface area contributed by atoms with Crippen LogP contribution in [0, 0.1) is 0 Å². The molecule has 1 rings (SSSR count). The molecule has 5 N–H and O–H groups in total. The van der Waals surface area contributed by atoms with E-state index in [0.717, 1.165) is 11.3 Å². The smallest absolute Gasteiger partial charge is 0.426 e. The molecule has 8 nitrogen and oxygen atoms in total. The van der Waals surface area contributed by atoms with Crippen LogP contribution in [-0.4, -0.2) is 47.3 Å². The maximum Gasteiger partial charge on any atom is 0.472 e. The number of carbonyl (C=O) groups is 1. The standard InChI is InChI=1S/C7H11BN4O4S/c1-16-12-5(4-2-17-7(9)11-4)6(13)10-3-8(14)15/h2,14-15H,3H2,1H3,(H2,9,11)(H,10,13)/b12-5+. The number of nitrogen functional groups attached to an aromatic ring is 1. The molecule has 0 radical (unpaired) electrons. The van der Waals surface area contributed by atoms with Crippen LogP contribution in [0.15, 0.2) is 10.5 Å². The van der Waals surface area contributed by atoms with Gasteiger partial charge >= 0.3 is 7.12 Å². The molecule has 92 valence electrons. The molecule has 1 aromatic heterocycles. The van der Waals surface area contributed by atoms with Gasteiger partial charge in [0.25, 0.3) is 5.91 Å². The monoisotopic (exact) mass is 258 g/mol. The fourth-order valence-corrected chi connectivity index (χ4v) is 1.51.